The highest BCUT2D eigenvalue weighted by molar-refractivity contribution is 5.90. The van der Waals surface area contributed by atoms with Crippen molar-refractivity contribution >= 4 is 11.7 Å². The van der Waals surface area contributed by atoms with Crippen molar-refractivity contribution in [2.75, 3.05) is 7.11 Å². The molecule has 0 bridgehead atoms. The number of carbonyl (C=O) groups excluding carboxylic acids is 1. The van der Waals surface area contributed by atoms with Crippen molar-refractivity contribution in [3.8, 4) is 0 Å². The third-order valence-corrected chi connectivity index (χ3v) is 2.32. The zero-order valence-electron chi connectivity index (χ0n) is 9.61. The Kier molecular flexibility index (Phi) is 3.42. The lowest BCUT2D eigenvalue weighted by Gasteiger charge is -2.05. The molecule has 0 aliphatic carbocycles. The molecule has 0 amide bonds. The van der Waals surface area contributed by atoms with Gasteiger partial charge in [-0.1, -0.05) is 0 Å². The lowest BCUT2D eigenvalue weighted by atomic mass is 10.1. The van der Waals surface area contributed by atoms with E-state index in [1.807, 2.05) is 0 Å². The van der Waals surface area contributed by atoms with Crippen molar-refractivity contribution in [1.82, 2.24) is 14.8 Å². The molecule has 7 nitrogen and oxygen atoms in total. The van der Waals surface area contributed by atoms with E-state index in [9.17, 15) is 9.70 Å². The molecule has 0 aliphatic heterocycles. The van der Waals surface area contributed by atoms with Gasteiger partial charge in [0.2, 0.25) is 0 Å². The van der Waals surface area contributed by atoms with Crippen LogP contribution in [0.4, 0.5) is 5.69 Å². The van der Waals surface area contributed by atoms with Gasteiger partial charge < -0.3 is 4.74 Å². The summed E-state index contributed by atoms with van der Waals surface area (Å²) in [5, 5.41) is 6.78. The van der Waals surface area contributed by atoms with Crippen LogP contribution < -0.4 is 0 Å². The molecule has 0 atom stereocenters. The highest BCUT2D eigenvalue weighted by Gasteiger charge is 2.09. The van der Waals surface area contributed by atoms with Crippen molar-refractivity contribution in [2.45, 2.75) is 6.54 Å². The fourth-order valence-electron chi connectivity index (χ4n) is 1.56. The fraction of sp³-hybridized carbons (Fsp3) is 0.182. The molecular formula is C11H10N4O3. The molecule has 2 aromatic rings. The van der Waals surface area contributed by atoms with E-state index in [1.165, 1.54) is 19.5 Å². The number of ether oxygens (including phenoxy) is 1. The molecule has 92 valence electrons. The standard InChI is InChI=1S/C11H10N4O3/c1-18-11(16)9-2-8(3-10(4-9)14-17)5-15-7-12-6-13-15/h2-4,6-7H,5H2,1H3. The van der Waals surface area contributed by atoms with Crippen LogP contribution in [-0.2, 0) is 11.3 Å². The van der Waals surface area contributed by atoms with Crippen LogP contribution in [0.1, 0.15) is 15.9 Å². The van der Waals surface area contributed by atoms with E-state index >= 15 is 0 Å². The van der Waals surface area contributed by atoms with Gasteiger partial charge in [0.1, 0.15) is 18.3 Å². The summed E-state index contributed by atoms with van der Waals surface area (Å²) in [7, 11) is 1.28. The van der Waals surface area contributed by atoms with Gasteiger partial charge >= 0.3 is 5.97 Å². The maximum absolute atomic E-state index is 11.4. The normalized spacial score (nSPS) is 10.1. The summed E-state index contributed by atoms with van der Waals surface area (Å²) in [5.74, 6) is -0.514. The van der Waals surface area contributed by atoms with Crippen LogP contribution in [0.15, 0.2) is 36.0 Å². The van der Waals surface area contributed by atoms with E-state index in [2.05, 4.69) is 20.0 Å². The summed E-state index contributed by atoms with van der Waals surface area (Å²) in [6.07, 6.45) is 2.95. The van der Waals surface area contributed by atoms with Gasteiger partial charge in [-0.3, -0.25) is 0 Å². The van der Waals surface area contributed by atoms with Gasteiger partial charge in [0, 0.05) is 0 Å². The smallest absolute Gasteiger partial charge is 0.337 e. The summed E-state index contributed by atoms with van der Waals surface area (Å²) in [5.41, 5.74) is 1.18. The Morgan fingerprint density at radius 1 is 1.44 bits per heavy atom. The van der Waals surface area contributed by atoms with E-state index in [0.29, 0.717) is 6.54 Å². The largest absolute Gasteiger partial charge is 0.465 e. The first-order valence-corrected chi connectivity index (χ1v) is 5.11. The van der Waals surface area contributed by atoms with E-state index in [0.717, 1.165) is 5.56 Å². The van der Waals surface area contributed by atoms with Crippen LogP contribution in [0.2, 0.25) is 0 Å². The number of nitrogens with zero attached hydrogens (tertiary/aromatic N) is 4. The minimum atomic E-state index is -0.514. The molecular weight excluding hydrogens is 236 g/mol. The Morgan fingerprint density at radius 3 is 2.89 bits per heavy atom. The van der Waals surface area contributed by atoms with E-state index < -0.39 is 5.97 Å². The third kappa shape index (κ3) is 2.57. The summed E-state index contributed by atoms with van der Waals surface area (Å²) in [6.45, 7) is 0.396. The van der Waals surface area contributed by atoms with E-state index in [-0.39, 0.29) is 11.3 Å². The number of nitroso groups, excluding NO2 is 1. The van der Waals surface area contributed by atoms with E-state index in [1.54, 1.807) is 23.1 Å². The SMILES string of the molecule is COC(=O)c1cc(Cn2cncn2)cc(N=O)c1. The van der Waals surface area contributed by atoms with Gasteiger partial charge in [0.25, 0.3) is 0 Å². The van der Waals surface area contributed by atoms with Gasteiger partial charge in [-0.25, -0.2) is 14.5 Å². The molecule has 2 rings (SSSR count). The molecule has 1 heterocycles. The fourth-order valence-corrected chi connectivity index (χ4v) is 1.56. The summed E-state index contributed by atoms with van der Waals surface area (Å²) in [4.78, 5) is 25.8. The van der Waals surface area contributed by atoms with Crippen molar-refractivity contribution in [3.05, 3.63) is 46.9 Å². The Bertz CT molecular complexity index is 566. The average Bonchev–Trinajstić information content (AvgIpc) is 2.90. The van der Waals surface area contributed by atoms with Gasteiger partial charge in [0.15, 0.2) is 0 Å². The van der Waals surface area contributed by atoms with E-state index in [4.69, 9.17) is 0 Å². The Balaban J connectivity index is 2.34. The summed E-state index contributed by atoms with van der Waals surface area (Å²) >= 11 is 0. The molecule has 1 aromatic carbocycles. The summed E-state index contributed by atoms with van der Waals surface area (Å²) in [6, 6.07) is 4.59. The molecule has 18 heavy (non-hydrogen) atoms. The van der Waals surface area contributed by atoms with Gasteiger partial charge in [-0.15, -0.1) is 4.91 Å². The number of hydrogen-bond donors (Lipinski definition) is 0. The molecule has 1 aromatic heterocycles. The van der Waals surface area contributed by atoms with Crippen LogP contribution in [0.3, 0.4) is 0 Å². The summed E-state index contributed by atoms with van der Waals surface area (Å²) < 4.78 is 6.18. The molecule has 0 unspecified atom stereocenters. The highest BCUT2D eigenvalue weighted by atomic mass is 16.5. The topological polar surface area (TPSA) is 86.4 Å². The first-order valence-electron chi connectivity index (χ1n) is 5.11. The number of methoxy groups -OCH3 is 1. The zero-order valence-corrected chi connectivity index (χ0v) is 9.61. The molecule has 0 radical (unpaired) electrons. The van der Waals surface area contributed by atoms with Crippen LogP contribution in [0.25, 0.3) is 0 Å². The van der Waals surface area contributed by atoms with Crippen molar-refractivity contribution < 1.29 is 9.53 Å². The second-order valence-electron chi connectivity index (χ2n) is 3.56. The van der Waals surface area contributed by atoms with Crippen LogP contribution in [0.5, 0.6) is 0 Å². The predicted octanol–water partition coefficient (Wildman–Crippen LogP) is 1.51. The molecule has 7 heteroatoms. The maximum atomic E-state index is 11.4. The molecule has 0 saturated heterocycles. The molecule has 0 N–H and O–H groups in total. The lowest BCUT2D eigenvalue weighted by molar-refractivity contribution is 0.0600. The number of benzene rings is 1. The van der Waals surface area contributed by atoms with Gasteiger partial charge in [0.05, 0.1) is 19.2 Å². The van der Waals surface area contributed by atoms with Crippen molar-refractivity contribution in [1.29, 1.82) is 0 Å². The van der Waals surface area contributed by atoms with Crippen LogP contribution in [0, 0.1) is 4.91 Å². The second-order valence-corrected chi connectivity index (χ2v) is 3.56. The zero-order chi connectivity index (χ0) is 13.0. The molecule has 0 fully saturated rings. The van der Waals surface area contributed by atoms with Crippen LogP contribution in [-0.4, -0.2) is 27.8 Å². The number of esters is 1. The quantitative estimate of drug-likeness (QED) is 0.602. The monoisotopic (exact) mass is 246 g/mol. The number of carbonyl (C=O) groups is 1. The first-order chi connectivity index (χ1) is 8.72. The molecule has 0 spiro atoms. The molecule has 0 aliphatic rings. The Morgan fingerprint density at radius 2 is 2.28 bits per heavy atom. The first kappa shape index (κ1) is 11.9. The number of aromatic nitrogens is 3. The number of hydrogen-bond acceptors (Lipinski definition) is 6. The maximum Gasteiger partial charge on any atom is 0.337 e. The van der Waals surface area contributed by atoms with Gasteiger partial charge in [-0.05, 0) is 28.9 Å². The minimum absolute atomic E-state index is 0.174. The predicted molar refractivity (Wildman–Crippen MR) is 62.4 cm³/mol. The number of rotatable bonds is 4. The lowest BCUT2D eigenvalue weighted by Crippen LogP contribution is -2.04. The second kappa shape index (κ2) is 5.17. The Labute approximate surface area is 102 Å². The minimum Gasteiger partial charge on any atom is -0.465 e. The Hall–Kier alpha value is -2.57. The van der Waals surface area contributed by atoms with Crippen molar-refractivity contribution in [2.24, 2.45) is 5.18 Å². The van der Waals surface area contributed by atoms with Gasteiger partial charge in [-0.2, -0.15) is 5.10 Å². The molecule has 0 saturated carbocycles. The third-order valence-electron chi connectivity index (χ3n) is 2.32. The van der Waals surface area contributed by atoms with Crippen LogP contribution >= 0.6 is 0 Å². The highest BCUT2D eigenvalue weighted by Crippen LogP contribution is 2.19. The van der Waals surface area contributed by atoms with Crippen molar-refractivity contribution in [3.63, 3.8) is 0 Å². The average molecular weight is 246 g/mol.